The molecule has 0 aliphatic carbocycles. The van der Waals surface area contributed by atoms with Gasteiger partial charge in [-0.2, -0.15) is 0 Å². The van der Waals surface area contributed by atoms with E-state index in [1.165, 1.54) is 5.56 Å². The molecule has 0 spiro atoms. The Labute approximate surface area is 154 Å². The highest BCUT2D eigenvalue weighted by molar-refractivity contribution is 5.62. The van der Waals surface area contributed by atoms with Gasteiger partial charge in [-0.05, 0) is 61.2 Å². The van der Waals surface area contributed by atoms with Crippen molar-refractivity contribution in [2.45, 2.75) is 45.1 Å². The van der Waals surface area contributed by atoms with Gasteiger partial charge in [0.25, 0.3) is 0 Å². The van der Waals surface area contributed by atoms with E-state index in [1.807, 2.05) is 12.3 Å². The van der Waals surface area contributed by atoms with Crippen LogP contribution in [0.5, 0.6) is 0 Å². The van der Waals surface area contributed by atoms with Gasteiger partial charge in [-0.3, -0.25) is 4.40 Å². The van der Waals surface area contributed by atoms with E-state index in [0.29, 0.717) is 6.04 Å². The monoisotopic (exact) mass is 349 g/mol. The van der Waals surface area contributed by atoms with Gasteiger partial charge >= 0.3 is 0 Å². The van der Waals surface area contributed by atoms with Gasteiger partial charge in [0.1, 0.15) is 11.5 Å². The number of hydrogen-bond acceptors (Lipinski definition) is 4. The first-order chi connectivity index (χ1) is 12.5. The summed E-state index contributed by atoms with van der Waals surface area (Å²) in [6, 6.07) is 11.0. The van der Waals surface area contributed by atoms with Crippen LogP contribution in [0.3, 0.4) is 0 Å². The van der Waals surface area contributed by atoms with E-state index in [4.69, 9.17) is 4.98 Å². The lowest BCUT2D eigenvalue weighted by molar-refractivity contribution is 0.478. The maximum Gasteiger partial charge on any atom is 0.137 e. The lowest BCUT2D eigenvalue weighted by atomic mass is 9.88. The molecule has 0 radical (unpaired) electrons. The van der Waals surface area contributed by atoms with Crippen molar-refractivity contribution in [1.29, 1.82) is 0 Å². The van der Waals surface area contributed by atoms with Crippen LogP contribution in [-0.4, -0.2) is 33.5 Å². The largest absolute Gasteiger partial charge is 0.367 e. The normalized spacial score (nSPS) is 16.1. The Morgan fingerprint density at radius 3 is 2.73 bits per heavy atom. The van der Waals surface area contributed by atoms with Crippen LogP contribution in [0.4, 0.5) is 5.82 Å². The van der Waals surface area contributed by atoms with Crippen LogP contribution >= 0.6 is 0 Å². The Kier molecular flexibility index (Phi) is 4.41. The van der Waals surface area contributed by atoms with E-state index in [1.54, 1.807) is 0 Å². The summed E-state index contributed by atoms with van der Waals surface area (Å²) >= 11 is 0. The molecule has 1 saturated heterocycles. The topological polar surface area (TPSA) is 54.2 Å². The molecule has 136 valence electrons. The summed E-state index contributed by atoms with van der Waals surface area (Å²) in [4.78, 5) is 9.45. The maximum atomic E-state index is 4.84. The van der Waals surface area contributed by atoms with Gasteiger partial charge in [-0.15, -0.1) is 0 Å². The van der Waals surface area contributed by atoms with Crippen molar-refractivity contribution in [3.63, 3.8) is 0 Å². The van der Waals surface area contributed by atoms with Gasteiger partial charge in [0, 0.05) is 12.2 Å². The number of piperidine rings is 1. The number of nitrogens with one attached hydrogen (secondary N) is 2. The summed E-state index contributed by atoms with van der Waals surface area (Å²) in [5.41, 5.74) is 4.34. The third-order valence-corrected chi connectivity index (χ3v) is 5.08. The van der Waals surface area contributed by atoms with E-state index < -0.39 is 0 Å². The zero-order valence-corrected chi connectivity index (χ0v) is 15.8. The number of fused-ring (bicyclic) bond motifs is 1. The van der Waals surface area contributed by atoms with Crippen molar-refractivity contribution in [3.05, 3.63) is 48.3 Å². The van der Waals surface area contributed by atoms with E-state index in [0.717, 1.165) is 48.8 Å². The molecule has 0 aromatic carbocycles. The highest BCUT2D eigenvalue weighted by Gasteiger charge is 2.17. The van der Waals surface area contributed by atoms with E-state index in [2.05, 4.69) is 71.3 Å². The van der Waals surface area contributed by atoms with Gasteiger partial charge in [-0.1, -0.05) is 26.8 Å². The number of imidazole rings is 1. The highest BCUT2D eigenvalue weighted by Crippen LogP contribution is 2.26. The molecule has 4 rings (SSSR count). The van der Waals surface area contributed by atoms with Crippen molar-refractivity contribution in [3.8, 4) is 11.4 Å². The molecule has 0 unspecified atom stereocenters. The Bertz CT molecular complexity index is 900. The van der Waals surface area contributed by atoms with Gasteiger partial charge < -0.3 is 10.6 Å². The van der Waals surface area contributed by atoms with E-state index in [9.17, 15) is 0 Å². The quantitative estimate of drug-likeness (QED) is 0.754. The predicted octanol–water partition coefficient (Wildman–Crippen LogP) is 3.86. The second-order valence-electron chi connectivity index (χ2n) is 8.11. The molecule has 0 atom stereocenters. The molecule has 0 amide bonds. The Hall–Kier alpha value is -2.40. The minimum atomic E-state index is 0.116. The van der Waals surface area contributed by atoms with Gasteiger partial charge in [0.2, 0.25) is 0 Å². The van der Waals surface area contributed by atoms with Crippen LogP contribution < -0.4 is 10.6 Å². The van der Waals surface area contributed by atoms with Crippen LogP contribution in [0.2, 0.25) is 0 Å². The maximum absolute atomic E-state index is 4.84. The summed E-state index contributed by atoms with van der Waals surface area (Å²) in [6.45, 7) is 8.81. The zero-order valence-electron chi connectivity index (χ0n) is 15.8. The fourth-order valence-corrected chi connectivity index (χ4v) is 3.47. The minimum Gasteiger partial charge on any atom is -0.367 e. The van der Waals surface area contributed by atoms with Crippen molar-refractivity contribution in [2.24, 2.45) is 0 Å². The number of aromatic nitrogens is 3. The fourth-order valence-electron chi connectivity index (χ4n) is 3.47. The Balaban J connectivity index is 1.64. The molecule has 3 aromatic heterocycles. The molecule has 5 heteroatoms. The van der Waals surface area contributed by atoms with Crippen molar-refractivity contribution in [2.75, 3.05) is 18.4 Å². The van der Waals surface area contributed by atoms with Crippen molar-refractivity contribution in [1.82, 2.24) is 19.7 Å². The average molecular weight is 349 g/mol. The first-order valence-corrected chi connectivity index (χ1v) is 9.43. The molecule has 2 N–H and O–H groups in total. The molecule has 5 nitrogen and oxygen atoms in total. The number of nitrogens with zero attached hydrogens (tertiary/aromatic N) is 3. The van der Waals surface area contributed by atoms with Gasteiger partial charge in [-0.25, -0.2) is 9.97 Å². The van der Waals surface area contributed by atoms with Crippen LogP contribution in [0.1, 0.15) is 39.2 Å². The summed E-state index contributed by atoms with van der Waals surface area (Å²) in [7, 11) is 0. The molecular weight excluding hydrogens is 322 g/mol. The lowest BCUT2D eigenvalue weighted by Gasteiger charge is -2.24. The molecule has 1 fully saturated rings. The third kappa shape index (κ3) is 3.44. The third-order valence-electron chi connectivity index (χ3n) is 5.08. The van der Waals surface area contributed by atoms with Crippen LogP contribution in [0, 0.1) is 0 Å². The molecular formula is C21H27N5. The number of rotatable bonds is 3. The van der Waals surface area contributed by atoms with E-state index >= 15 is 0 Å². The SMILES string of the molecule is CC(C)(C)c1ccn2c(-c3cccc(NC4CCNCC4)n3)cnc2c1. The second kappa shape index (κ2) is 6.72. The summed E-state index contributed by atoms with van der Waals surface area (Å²) in [6.07, 6.45) is 6.29. The van der Waals surface area contributed by atoms with Gasteiger partial charge in [0.15, 0.2) is 0 Å². The first kappa shape index (κ1) is 17.0. The summed E-state index contributed by atoms with van der Waals surface area (Å²) < 4.78 is 2.12. The first-order valence-electron chi connectivity index (χ1n) is 9.43. The lowest BCUT2D eigenvalue weighted by Crippen LogP contribution is -2.35. The number of anilines is 1. The van der Waals surface area contributed by atoms with Crippen LogP contribution in [-0.2, 0) is 5.41 Å². The Morgan fingerprint density at radius 2 is 1.96 bits per heavy atom. The van der Waals surface area contributed by atoms with Crippen molar-refractivity contribution >= 4 is 11.5 Å². The van der Waals surface area contributed by atoms with Crippen molar-refractivity contribution < 1.29 is 0 Å². The number of hydrogen-bond donors (Lipinski definition) is 2. The number of pyridine rings is 2. The summed E-state index contributed by atoms with van der Waals surface area (Å²) in [5, 5.41) is 6.98. The smallest absolute Gasteiger partial charge is 0.137 e. The summed E-state index contributed by atoms with van der Waals surface area (Å²) in [5.74, 6) is 0.940. The molecule has 0 bridgehead atoms. The molecule has 4 heterocycles. The standard InChI is InChI=1S/C21H27N5/c1-21(2,3)15-9-12-26-18(14-23-20(26)13-15)17-5-4-6-19(25-17)24-16-7-10-22-11-8-16/h4-6,9,12-14,16,22H,7-8,10-11H2,1-3H3,(H,24,25). The predicted molar refractivity (Wildman–Crippen MR) is 107 cm³/mol. The molecule has 0 saturated carbocycles. The van der Waals surface area contributed by atoms with Crippen LogP contribution in [0.15, 0.2) is 42.7 Å². The molecule has 3 aromatic rings. The molecule has 1 aliphatic rings. The highest BCUT2D eigenvalue weighted by atomic mass is 15.1. The van der Waals surface area contributed by atoms with E-state index in [-0.39, 0.29) is 5.41 Å². The zero-order chi connectivity index (χ0) is 18.1. The van der Waals surface area contributed by atoms with Gasteiger partial charge in [0.05, 0.1) is 17.6 Å². The molecule has 26 heavy (non-hydrogen) atoms. The fraction of sp³-hybridized carbons (Fsp3) is 0.429. The second-order valence-corrected chi connectivity index (χ2v) is 8.11. The minimum absolute atomic E-state index is 0.116. The van der Waals surface area contributed by atoms with Crippen LogP contribution in [0.25, 0.3) is 17.0 Å². The average Bonchev–Trinajstić information content (AvgIpc) is 3.05. The molecule has 1 aliphatic heterocycles. The Morgan fingerprint density at radius 1 is 1.15 bits per heavy atom.